The predicted molar refractivity (Wildman–Crippen MR) is 121 cm³/mol. The molecule has 0 radical (unpaired) electrons. The normalized spacial score (nSPS) is 11.5. The highest BCUT2D eigenvalue weighted by Gasteiger charge is 2.20. The maximum atomic E-state index is 12.1. The van der Waals surface area contributed by atoms with E-state index >= 15 is 0 Å². The van der Waals surface area contributed by atoms with Gasteiger partial charge in [-0.2, -0.15) is 5.10 Å². The molecule has 1 aromatic heterocycles. The summed E-state index contributed by atoms with van der Waals surface area (Å²) in [5.41, 5.74) is 4.06. The number of aromatic nitrogens is 3. The number of aromatic amines is 1. The summed E-state index contributed by atoms with van der Waals surface area (Å²) >= 11 is 6.01. The van der Waals surface area contributed by atoms with Crippen molar-refractivity contribution in [2.75, 3.05) is 12.5 Å². The Balaban J connectivity index is 1.66. The van der Waals surface area contributed by atoms with Crippen LogP contribution >= 0.6 is 11.6 Å². The standard InChI is InChI=1S/C22H24ClN5O3/c1-22(2,3)19-20(29)25-21(28-26-19)27-24-12-14-8-9-17(18(11-14)30-4)31-13-15-6-5-7-16(23)10-15/h5-12H,13H2,1-4H3,(H2,25,27,28,29)/b24-12+. The van der Waals surface area contributed by atoms with E-state index < -0.39 is 5.41 Å². The van der Waals surface area contributed by atoms with Crippen molar-refractivity contribution in [1.29, 1.82) is 0 Å². The molecule has 0 aliphatic rings. The summed E-state index contributed by atoms with van der Waals surface area (Å²) in [6.45, 7) is 6.05. The minimum atomic E-state index is -0.393. The molecule has 3 aromatic rings. The summed E-state index contributed by atoms with van der Waals surface area (Å²) in [6, 6.07) is 12.9. The van der Waals surface area contributed by atoms with Gasteiger partial charge in [-0.15, -0.1) is 10.2 Å². The lowest BCUT2D eigenvalue weighted by atomic mass is 9.93. The molecule has 2 N–H and O–H groups in total. The largest absolute Gasteiger partial charge is 0.493 e. The van der Waals surface area contributed by atoms with Gasteiger partial charge in [0, 0.05) is 10.4 Å². The number of anilines is 1. The number of nitrogens with one attached hydrogen (secondary N) is 2. The Bertz CT molecular complexity index is 1140. The third kappa shape index (κ3) is 6.05. The number of rotatable bonds is 7. The van der Waals surface area contributed by atoms with E-state index in [0.29, 0.717) is 28.8 Å². The molecule has 8 nitrogen and oxygen atoms in total. The summed E-state index contributed by atoms with van der Waals surface area (Å²) in [4.78, 5) is 14.8. The Morgan fingerprint density at radius 3 is 2.65 bits per heavy atom. The summed E-state index contributed by atoms with van der Waals surface area (Å²) < 4.78 is 11.3. The van der Waals surface area contributed by atoms with Crippen LogP contribution in [-0.4, -0.2) is 28.5 Å². The van der Waals surface area contributed by atoms with Crippen LogP contribution in [0.2, 0.25) is 5.02 Å². The Morgan fingerprint density at radius 2 is 1.97 bits per heavy atom. The third-order valence-electron chi connectivity index (χ3n) is 4.26. The maximum absolute atomic E-state index is 12.1. The van der Waals surface area contributed by atoms with E-state index in [9.17, 15) is 4.79 Å². The van der Waals surface area contributed by atoms with Crippen molar-refractivity contribution in [3.8, 4) is 11.5 Å². The Kier molecular flexibility index (Phi) is 6.91. The minimum Gasteiger partial charge on any atom is -0.493 e. The molecule has 1 heterocycles. The average Bonchev–Trinajstić information content (AvgIpc) is 2.72. The van der Waals surface area contributed by atoms with Gasteiger partial charge in [0.1, 0.15) is 12.3 Å². The van der Waals surface area contributed by atoms with Gasteiger partial charge in [0.15, 0.2) is 11.5 Å². The van der Waals surface area contributed by atoms with Gasteiger partial charge in [-0.25, -0.2) is 5.43 Å². The molecule has 0 aliphatic carbocycles. The maximum Gasteiger partial charge on any atom is 0.274 e. The molecular weight excluding hydrogens is 418 g/mol. The van der Waals surface area contributed by atoms with Gasteiger partial charge in [0.2, 0.25) is 5.95 Å². The number of benzene rings is 2. The second-order valence-corrected chi connectivity index (χ2v) is 8.24. The SMILES string of the molecule is COc1cc(/C=N/Nc2nnc(C(C)(C)C)c(=O)[nH]2)ccc1OCc1cccc(Cl)c1. The molecular formula is C22H24ClN5O3. The van der Waals surface area contributed by atoms with E-state index in [-0.39, 0.29) is 11.5 Å². The lowest BCUT2D eigenvalue weighted by molar-refractivity contribution is 0.284. The van der Waals surface area contributed by atoms with Crippen molar-refractivity contribution in [2.45, 2.75) is 32.8 Å². The number of halogens is 1. The van der Waals surface area contributed by atoms with Crippen molar-refractivity contribution in [3.63, 3.8) is 0 Å². The number of H-pyrrole nitrogens is 1. The zero-order valence-corrected chi connectivity index (χ0v) is 18.5. The van der Waals surface area contributed by atoms with Gasteiger partial charge in [0.05, 0.1) is 13.3 Å². The number of ether oxygens (including phenoxy) is 2. The van der Waals surface area contributed by atoms with Gasteiger partial charge < -0.3 is 9.47 Å². The van der Waals surface area contributed by atoms with Crippen LogP contribution in [0, 0.1) is 0 Å². The number of nitrogens with zero attached hydrogens (tertiary/aromatic N) is 3. The molecule has 2 aromatic carbocycles. The van der Waals surface area contributed by atoms with Gasteiger partial charge in [-0.05, 0) is 41.5 Å². The fraction of sp³-hybridized carbons (Fsp3) is 0.273. The zero-order valence-electron chi connectivity index (χ0n) is 17.8. The number of methoxy groups -OCH3 is 1. The van der Waals surface area contributed by atoms with Crippen LogP contribution in [0.3, 0.4) is 0 Å². The quantitative estimate of drug-likeness (QED) is 0.422. The molecule has 0 unspecified atom stereocenters. The van der Waals surface area contributed by atoms with Crippen LogP contribution in [0.15, 0.2) is 52.4 Å². The van der Waals surface area contributed by atoms with Crippen LogP contribution in [0.5, 0.6) is 11.5 Å². The van der Waals surface area contributed by atoms with Crippen molar-refractivity contribution >= 4 is 23.8 Å². The van der Waals surface area contributed by atoms with Crippen molar-refractivity contribution in [3.05, 3.63) is 74.7 Å². The van der Waals surface area contributed by atoms with Crippen molar-refractivity contribution < 1.29 is 9.47 Å². The first kappa shape index (κ1) is 22.3. The Labute approximate surface area is 185 Å². The summed E-state index contributed by atoms with van der Waals surface area (Å²) in [6.07, 6.45) is 1.57. The Morgan fingerprint density at radius 1 is 1.16 bits per heavy atom. The van der Waals surface area contributed by atoms with Crippen LogP contribution in [0.25, 0.3) is 0 Å². The van der Waals surface area contributed by atoms with E-state index in [1.54, 1.807) is 25.5 Å². The zero-order chi connectivity index (χ0) is 22.4. The van der Waals surface area contributed by atoms with Crippen LogP contribution < -0.4 is 20.5 Å². The molecule has 0 saturated heterocycles. The second-order valence-electron chi connectivity index (χ2n) is 7.80. The molecule has 0 spiro atoms. The number of hydrogen-bond acceptors (Lipinski definition) is 7. The van der Waals surface area contributed by atoms with Gasteiger partial charge >= 0.3 is 0 Å². The van der Waals surface area contributed by atoms with E-state index in [4.69, 9.17) is 21.1 Å². The molecule has 162 valence electrons. The lowest BCUT2D eigenvalue weighted by Gasteiger charge is -2.15. The summed E-state index contributed by atoms with van der Waals surface area (Å²) in [5.74, 6) is 1.32. The van der Waals surface area contributed by atoms with Gasteiger partial charge in [-0.3, -0.25) is 9.78 Å². The van der Waals surface area contributed by atoms with Crippen LogP contribution in [0.1, 0.15) is 37.6 Å². The van der Waals surface area contributed by atoms with E-state index in [0.717, 1.165) is 11.1 Å². The molecule has 0 aliphatic heterocycles. The first-order valence-electron chi connectivity index (χ1n) is 9.58. The first-order chi connectivity index (χ1) is 14.8. The summed E-state index contributed by atoms with van der Waals surface area (Å²) in [5, 5.41) is 12.7. The van der Waals surface area contributed by atoms with Gasteiger partial charge in [0.25, 0.3) is 5.56 Å². The second kappa shape index (κ2) is 9.61. The minimum absolute atomic E-state index is 0.155. The first-order valence-corrected chi connectivity index (χ1v) is 9.96. The highest BCUT2D eigenvalue weighted by atomic mass is 35.5. The lowest BCUT2D eigenvalue weighted by Crippen LogP contribution is -2.28. The summed E-state index contributed by atoms with van der Waals surface area (Å²) in [7, 11) is 1.57. The van der Waals surface area contributed by atoms with E-state index in [2.05, 4.69) is 25.7 Å². The Hall–Kier alpha value is -3.39. The number of hydrogen-bond donors (Lipinski definition) is 2. The van der Waals surface area contributed by atoms with E-state index in [1.807, 2.05) is 51.1 Å². The average molecular weight is 442 g/mol. The van der Waals surface area contributed by atoms with Crippen LogP contribution in [0.4, 0.5) is 5.95 Å². The van der Waals surface area contributed by atoms with Gasteiger partial charge in [-0.1, -0.05) is 44.5 Å². The van der Waals surface area contributed by atoms with Crippen LogP contribution in [-0.2, 0) is 12.0 Å². The van der Waals surface area contributed by atoms with Crippen molar-refractivity contribution in [2.24, 2.45) is 5.10 Å². The fourth-order valence-corrected chi connectivity index (χ4v) is 2.93. The van der Waals surface area contributed by atoms with Crippen molar-refractivity contribution in [1.82, 2.24) is 15.2 Å². The highest BCUT2D eigenvalue weighted by molar-refractivity contribution is 6.30. The molecule has 0 fully saturated rings. The topological polar surface area (TPSA) is 101 Å². The van der Waals surface area contributed by atoms with E-state index in [1.165, 1.54) is 0 Å². The molecule has 31 heavy (non-hydrogen) atoms. The molecule has 9 heteroatoms. The highest BCUT2D eigenvalue weighted by Crippen LogP contribution is 2.28. The number of hydrazone groups is 1. The third-order valence-corrected chi connectivity index (χ3v) is 4.50. The molecule has 0 bridgehead atoms. The molecule has 0 atom stereocenters. The molecule has 3 rings (SSSR count). The smallest absolute Gasteiger partial charge is 0.274 e. The molecule has 0 saturated carbocycles. The fourth-order valence-electron chi connectivity index (χ4n) is 2.72. The molecule has 0 amide bonds. The predicted octanol–water partition coefficient (Wildman–Crippen LogP) is 4.15. The monoisotopic (exact) mass is 441 g/mol.